The number of anilines is 1. The molecule has 1 heterocycles. The summed E-state index contributed by atoms with van der Waals surface area (Å²) in [6, 6.07) is 19.3. The van der Waals surface area contributed by atoms with E-state index in [9.17, 15) is 9.18 Å². The zero-order valence-corrected chi connectivity index (χ0v) is 14.7. The first-order valence-electron chi connectivity index (χ1n) is 8.55. The van der Waals surface area contributed by atoms with E-state index in [1.165, 1.54) is 17.7 Å². The van der Waals surface area contributed by atoms with Crippen molar-refractivity contribution in [1.29, 1.82) is 0 Å². The number of hydrogen-bond acceptors (Lipinski definition) is 3. The van der Waals surface area contributed by atoms with Crippen LogP contribution >= 0.6 is 0 Å². The van der Waals surface area contributed by atoms with E-state index in [4.69, 9.17) is 0 Å². The molecule has 0 radical (unpaired) electrons. The van der Waals surface area contributed by atoms with Crippen molar-refractivity contribution < 1.29 is 9.18 Å². The third kappa shape index (κ3) is 3.42. The predicted octanol–water partition coefficient (Wildman–Crippen LogP) is 4.18. The van der Waals surface area contributed by atoms with Crippen molar-refractivity contribution in [3.63, 3.8) is 0 Å². The van der Waals surface area contributed by atoms with E-state index in [0.29, 0.717) is 17.6 Å². The van der Waals surface area contributed by atoms with Crippen molar-refractivity contribution in [3.05, 3.63) is 89.2 Å². The van der Waals surface area contributed by atoms with Crippen LogP contribution in [0.1, 0.15) is 21.5 Å². The molecule has 0 saturated carbocycles. The Balaban J connectivity index is 1.59. The number of carbonyl (C=O) groups is 1. The third-order valence-electron chi connectivity index (χ3n) is 4.48. The van der Waals surface area contributed by atoms with Crippen LogP contribution in [0.4, 0.5) is 10.1 Å². The Morgan fingerprint density at radius 3 is 2.67 bits per heavy atom. The van der Waals surface area contributed by atoms with Crippen molar-refractivity contribution in [3.8, 4) is 0 Å². The van der Waals surface area contributed by atoms with Gasteiger partial charge in [-0.2, -0.15) is 0 Å². The number of nitrogens with zero attached hydrogens (tertiary/aromatic N) is 3. The van der Waals surface area contributed by atoms with Crippen molar-refractivity contribution in [1.82, 2.24) is 15.0 Å². The zero-order valence-electron chi connectivity index (χ0n) is 14.7. The van der Waals surface area contributed by atoms with Gasteiger partial charge >= 0.3 is 0 Å². The van der Waals surface area contributed by atoms with Crippen LogP contribution in [0.3, 0.4) is 0 Å². The maximum atomic E-state index is 13.7. The van der Waals surface area contributed by atoms with Gasteiger partial charge in [0.1, 0.15) is 11.3 Å². The summed E-state index contributed by atoms with van der Waals surface area (Å²) >= 11 is 0. The first-order valence-corrected chi connectivity index (χ1v) is 8.55. The molecule has 0 aliphatic heterocycles. The quantitative estimate of drug-likeness (QED) is 0.594. The minimum Gasteiger partial charge on any atom is -0.319 e. The van der Waals surface area contributed by atoms with Crippen molar-refractivity contribution in [2.24, 2.45) is 0 Å². The first kappa shape index (κ1) is 16.9. The third-order valence-corrected chi connectivity index (χ3v) is 4.48. The number of benzene rings is 3. The second-order valence-electron chi connectivity index (χ2n) is 6.31. The SMILES string of the molecule is Cc1ccccc1Cn1nnc2cc(C(=O)Nc3ccccc3F)ccc21. The fourth-order valence-corrected chi connectivity index (χ4v) is 2.94. The number of fused-ring (bicyclic) bond motifs is 1. The average molecular weight is 360 g/mol. The highest BCUT2D eigenvalue weighted by Crippen LogP contribution is 2.18. The van der Waals surface area contributed by atoms with Crippen LogP contribution in [0, 0.1) is 12.7 Å². The van der Waals surface area contributed by atoms with Crippen LogP contribution < -0.4 is 5.32 Å². The lowest BCUT2D eigenvalue weighted by molar-refractivity contribution is 0.102. The van der Waals surface area contributed by atoms with E-state index in [2.05, 4.69) is 34.7 Å². The Labute approximate surface area is 155 Å². The van der Waals surface area contributed by atoms with Crippen LogP contribution in [-0.2, 0) is 6.54 Å². The van der Waals surface area contributed by atoms with Gasteiger partial charge in [0.15, 0.2) is 0 Å². The topological polar surface area (TPSA) is 59.8 Å². The van der Waals surface area contributed by atoms with E-state index in [-0.39, 0.29) is 5.69 Å². The molecule has 1 amide bonds. The molecule has 5 nitrogen and oxygen atoms in total. The van der Waals surface area contributed by atoms with Crippen molar-refractivity contribution >= 4 is 22.6 Å². The van der Waals surface area contributed by atoms with E-state index >= 15 is 0 Å². The van der Waals surface area contributed by atoms with Gasteiger partial charge < -0.3 is 5.32 Å². The molecular weight excluding hydrogens is 343 g/mol. The Morgan fingerprint density at radius 1 is 1.07 bits per heavy atom. The normalized spacial score (nSPS) is 10.9. The highest BCUT2D eigenvalue weighted by atomic mass is 19.1. The molecule has 0 atom stereocenters. The summed E-state index contributed by atoms with van der Waals surface area (Å²) in [7, 11) is 0. The second-order valence-corrected chi connectivity index (χ2v) is 6.31. The maximum Gasteiger partial charge on any atom is 0.255 e. The highest BCUT2D eigenvalue weighted by Gasteiger charge is 2.12. The lowest BCUT2D eigenvalue weighted by Crippen LogP contribution is -2.12. The molecule has 0 aliphatic carbocycles. The number of halogens is 1. The lowest BCUT2D eigenvalue weighted by atomic mass is 10.1. The Hall–Kier alpha value is -3.54. The van der Waals surface area contributed by atoms with E-state index in [1.807, 2.05) is 18.2 Å². The molecule has 0 aliphatic rings. The molecule has 6 heteroatoms. The van der Waals surface area contributed by atoms with Crippen LogP contribution in [0.25, 0.3) is 11.0 Å². The van der Waals surface area contributed by atoms with Gasteiger partial charge in [0.2, 0.25) is 0 Å². The number of hydrogen-bond donors (Lipinski definition) is 1. The molecule has 3 aromatic carbocycles. The summed E-state index contributed by atoms with van der Waals surface area (Å²) < 4.78 is 15.5. The van der Waals surface area contributed by atoms with E-state index < -0.39 is 11.7 Å². The molecule has 0 bridgehead atoms. The fraction of sp³-hybridized carbons (Fsp3) is 0.0952. The zero-order chi connectivity index (χ0) is 18.8. The number of nitrogens with one attached hydrogen (secondary N) is 1. The van der Waals surface area contributed by atoms with Crippen LogP contribution in [0.5, 0.6) is 0 Å². The van der Waals surface area contributed by atoms with Gasteiger partial charge in [-0.05, 0) is 48.4 Å². The van der Waals surface area contributed by atoms with Gasteiger partial charge in [-0.3, -0.25) is 4.79 Å². The number of carbonyl (C=O) groups excluding carboxylic acids is 1. The molecule has 1 aromatic heterocycles. The Kier molecular flexibility index (Phi) is 4.38. The number of rotatable bonds is 4. The fourth-order valence-electron chi connectivity index (χ4n) is 2.94. The average Bonchev–Trinajstić information content (AvgIpc) is 3.07. The molecule has 0 spiro atoms. The van der Waals surface area contributed by atoms with E-state index in [0.717, 1.165) is 11.1 Å². The summed E-state index contributed by atoms with van der Waals surface area (Å²) in [4.78, 5) is 12.4. The number of aryl methyl sites for hydroxylation is 1. The lowest BCUT2D eigenvalue weighted by Gasteiger charge is -2.07. The van der Waals surface area contributed by atoms with Gasteiger partial charge in [-0.25, -0.2) is 9.07 Å². The highest BCUT2D eigenvalue weighted by molar-refractivity contribution is 6.05. The predicted molar refractivity (Wildman–Crippen MR) is 102 cm³/mol. The maximum absolute atomic E-state index is 13.7. The Bertz CT molecular complexity index is 1140. The van der Waals surface area contributed by atoms with Gasteiger partial charge in [0, 0.05) is 5.56 Å². The van der Waals surface area contributed by atoms with Gasteiger partial charge in [-0.1, -0.05) is 41.6 Å². The van der Waals surface area contributed by atoms with Crippen LogP contribution in [-0.4, -0.2) is 20.9 Å². The molecule has 0 unspecified atom stereocenters. The van der Waals surface area contributed by atoms with Crippen molar-refractivity contribution in [2.45, 2.75) is 13.5 Å². The minimum atomic E-state index is -0.476. The molecule has 4 aromatic rings. The molecule has 0 fully saturated rings. The largest absolute Gasteiger partial charge is 0.319 e. The van der Waals surface area contributed by atoms with Gasteiger partial charge in [0.05, 0.1) is 17.7 Å². The molecule has 4 rings (SSSR count). The second kappa shape index (κ2) is 6.99. The number of para-hydroxylation sites is 1. The number of amides is 1. The smallest absolute Gasteiger partial charge is 0.255 e. The van der Waals surface area contributed by atoms with Crippen molar-refractivity contribution in [2.75, 3.05) is 5.32 Å². The summed E-state index contributed by atoms with van der Waals surface area (Å²) in [5, 5.41) is 11.0. The van der Waals surface area contributed by atoms with E-state index in [1.54, 1.807) is 28.9 Å². The van der Waals surface area contributed by atoms with Crippen LogP contribution in [0.2, 0.25) is 0 Å². The minimum absolute atomic E-state index is 0.144. The molecule has 0 saturated heterocycles. The summed E-state index contributed by atoms with van der Waals surface area (Å²) in [6.45, 7) is 2.66. The monoisotopic (exact) mass is 360 g/mol. The first-order chi connectivity index (χ1) is 13.1. The summed E-state index contributed by atoms with van der Waals surface area (Å²) in [5.74, 6) is -0.869. The Morgan fingerprint density at radius 2 is 1.85 bits per heavy atom. The molecule has 27 heavy (non-hydrogen) atoms. The molecule has 134 valence electrons. The molecular formula is C21H17FN4O. The molecule has 1 N–H and O–H groups in total. The van der Waals surface area contributed by atoms with Gasteiger partial charge in [-0.15, -0.1) is 5.10 Å². The van der Waals surface area contributed by atoms with Gasteiger partial charge in [0.25, 0.3) is 5.91 Å². The number of aromatic nitrogens is 3. The standard InChI is InChI=1S/C21H17FN4O/c1-14-6-2-3-7-16(14)13-26-20-11-10-15(12-19(20)24-25-26)21(27)23-18-9-5-4-8-17(18)22/h2-12H,13H2,1H3,(H,23,27). The summed E-state index contributed by atoms with van der Waals surface area (Å²) in [5.41, 5.74) is 4.33. The summed E-state index contributed by atoms with van der Waals surface area (Å²) in [6.07, 6.45) is 0. The van der Waals surface area contributed by atoms with Crippen LogP contribution in [0.15, 0.2) is 66.7 Å².